The summed E-state index contributed by atoms with van der Waals surface area (Å²) in [6, 6.07) is 28.0. The Balaban J connectivity index is 1.57. The lowest BCUT2D eigenvalue weighted by molar-refractivity contribution is 0.468. The van der Waals surface area contributed by atoms with Crippen LogP contribution in [0.25, 0.3) is 27.8 Å². The quantitative estimate of drug-likeness (QED) is 0.203. The maximum absolute atomic E-state index is 13.3. The molecular formula is C28H26N4OS. The minimum Gasteiger partial charge on any atom is -0.284 e. The van der Waals surface area contributed by atoms with E-state index in [0.29, 0.717) is 11.1 Å². The SMILES string of the molecule is CC[C@H](C)n1c(SCc2cn(-c3ccccc3)nc2-c2ccccc2)nc2ccccc2c1=O. The molecule has 0 saturated carbocycles. The second kappa shape index (κ2) is 9.69. The van der Waals surface area contributed by atoms with Crippen molar-refractivity contribution < 1.29 is 0 Å². The Morgan fingerprint density at radius 1 is 0.912 bits per heavy atom. The first-order chi connectivity index (χ1) is 16.7. The molecule has 5 nitrogen and oxygen atoms in total. The van der Waals surface area contributed by atoms with Crippen molar-refractivity contribution in [3.8, 4) is 16.9 Å². The van der Waals surface area contributed by atoms with E-state index in [9.17, 15) is 4.79 Å². The molecule has 3 aromatic carbocycles. The molecule has 0 N–H and O–H groups in total. The molecule has 2 heterocycles. The molecule has 34 heavy (non-hydrogen) atoms. The Bertz CT molecular complexity index is 1480. The number of para-hydroxylation sites is 2. The zero-order valence-electron chi connectivity index (χ0n) is 19.3. The number of nitrogens with zero attached hydrogens (tertiary/aromatic N) is 4. The second-order valence-corrected chi connectivity index (χ2v) is 9.22. The standard InChI is InChI=1S/C28H26N4OS/c1-3-20(2)32-27(33)24-16-10-11-17-25(24)29-28(32)34-19-22-18-31(23-14-8-5-9-15-23)30-26(22)21-12-6-4-7-13-21/h4-18,20H,3,19H2,1-2H3/t20-/m0/s1. The predicted octanol–water partition coefficient (Wildman–Crippen LogP) is 6.51. The van der Waals surface area contributed by atoms with Crippen LogP contribution in [0.2, 0.25) is 0 Å². The van der Waals surface area contributed by atoms with Crippen LogP contribution in [0.4, 0.5) is 0 Å². The summed E-state index contributed by atoms with van der Waals surface area (Å²) in [5.41, 5.74) is 4.87. The molecule has 0 bridgehead atoms. The summed E-state index contributed by atoms with van der Waals surface area (Å²) in [6.45, 7) is 4.17. The van der Waals surface area contributed by atoms with Crippen LogP contribution < -0.4 is 5.56 Å². The molecular weight excluding hydrogens is 440 g/mol. The molecule has 0 unspecified atom stereocenters. The van der Waals surface area contributed by atoms with Gasteiger partial charge in [-0.05, 0) is 37.6 Å². The molecule has 0 aliphatic heterocycles. The number of fused-ring (bicyclic) bond motifs is 1. The van der Waals surface area contributed by atoms with Gasteiger partial charge in [0.1, 0.15) is 0 Å². The first-order valence-electron chi connectivity index (χ1n) is 11.5. The number of rotatable bonds is 7. The summed E-state index contributed by atoms with van der Waals surface area (Å²) in [5, 5.41) is 6.32. The van der Waals surface area contributed by atoms with E-state index in [-0.39, 0.29) is 11.6 Å². The van der Waals surface area contributed by atoms with Crippen LogP contribution in [0.5, 0.6) is 0 Å². The van der Waals surface area contributed by atoms with Gasteiger partial charge in [0, 0.05) is 29.1 Å². The minimum atomic E-state index is 0.0192. The van der Waals surface area contributed by atoms with Crippen LogP contribution in [0.3, 0.4) is 0 Å². The van der Waals surface area contributed by atoms with Crippen LogP contribution in [0.1, 0.15) is 31.9 Å². The van der Waals surface area contributed by atoms with Crippen LogP contribution in [-0.4, -0.2) is 19.3 Å². The molecule has 5 aromatic rings. The van der Waals surface area contributed by atoms with Crippen LogP contribution in [0, 0.1) is 0 Å². The third kappa shape index (κ3) is 4.29. The maximum atomic E-state index is 13.3. The van der Waals surface area contributed by atoms with Crippen molar-refractivity contribution >= 4 is 22.7 Å². The largest absolute Gasteiger partial charge is 0.284 e. The lowest BCUT2D eigenvalue weighted by Crippen LogP contribution is -2.26. The Kier molecular flexibility index (Phi) is 6.32. The Morgan fingerprint density at radius 3 is 2.32 bits per heavy atom. The zero-order chi connectivity index (χ0) is 23.5. The topological polar surface area (TPSA) is 52.7 Å². The molecule has 0 fully saturated rings. The van der Waals surface area contributed by atoms with Gasteiger partial charge >= 0.3 is 0 Å². The van der Waals surface area contributed by atoms with Crippen molar-refractivity contribution in [3.63, 3.8) is 0 Å². The zero-order valence-corrected chi connectivity index (χ0v) is 20.1. The lowest BCUT2D eigenvalue weighted by atomic mass is 10.1. The molecule has 2 aromatic heterocycles. The number of hydrogen-bond acceptors (Lipinski definition) is 4. The third-order valence-corrected chi connectivity index (χ3v) is 7.02. The summed E-state index contributed by atoms with van der Waals surface area (Å²) in [6.07, 6.45) is 2.94. The second-order valence-electron chi connectivity index (χ2n) is 8.28. The van der Waals surface area contributed by atoms with Gasteiger partial charge in [-0.3, -0.25) is 9.36 Å². The van der Waals surface area contributed by atoms with Crippen molar-refractivity contribution in [2.75, 3.05) is 0 Å². The van der Waals surface area contributed by atoms with Crippen molar-refractivity contribution in [3.05, 3.63) is 107 Å². The van der Waals surface area contributed by atoms with Gasteiger partial charge in [-0.2, -0.15) is 5.10 Å². The van der Waals surface area contributed by atoms with Crippen molar-refractivity contribution in [2.24, 2.45) is 0 Å². The first kappa shape index (κ1) is 22.2. The van der Waals surface area contributed by atoms with Gasteiger partial charge < -0.3 is 0 Å². The summed E-state index contributed by atoms with van der Waals surface area (Å²) in [5.74, 6) is 0.651. The van der Waals surface area contributed by atoms with Crippen LogP contribution in [-0.2, 0) is 5.75 Å². The molecule has 0 saturated heterocycles. The van der Waals surface area contributed by atoms with Gasteiger partial charge in [0.15, 0.2) is 5.16 Å². The van der Waals surface area contributed by atoms with Crippen LogP contribution >= 0.6 is 11.8 Å². The summed E-state index contributed by atoms with van der Waals surface area (Å²) in [4.78, 5) is 18.2. The molecule has 0 radical (unpaired) electrons. The highest BCUT2D eigenvalue weighted by molar-refractivity contribution is 7.98. The minimum absolute atomic E-state index is 0.0192. The average Bonchev–Trinajstić information content (AvgIpc) is 3.32. The van der Waals surface area contributed by atoms with Gasteiger partial charge in [-0.1, -0.05) is 79.3 Å². The Hall–Kier alpha value is -3.64. The van der Waals surface area contributed by atoms with E-state index in [2.05, 4.69) is 32.2 Å². The van der Waals surface area contributed by atoms with Gasteiger partial charge in [-0.15, -0.1) is 0 Å². The van der Waals surface area contributed by atoms with Gasteiger partial charge in [0.25, 0.3) is 5.56 Å². The molecule has 0 amide bonds. The fraction of sp³-hybridized carbons (Fsp3) is 0.179. The predicted molar refractivity (Wildman–Crippen MR) is 140 cm³/mol. The molecule has 170 valence electrons. The van der Waals surface area contributed by atoms with E-state index in [1.54, 1.807) is 11.8 Å². The number of thioether (sulfide) groups is 1. The highest BCUT2D eigenvalue weighted by Gasteiger charge is 2.18. The van der Waals surface area contributed by atoms with E-state index in [1.165, 1.54) is 0 Å². The van der Waals surface area contributed by atoms with E-state index in [0.717, 1.165) is 39.6 Å². The monoisotopic (exact) mass is 466 g/mol. The van der Waals surface area contributed by atoms with E-state index in [1.807, 2.05) is 82.0 Å². The Morgan fingerprint density at radius 2 is 1.59 bits per heavy atom. The molecule has 5 rings (SSSR count). The Labute approximate surface area is 203 Å². The normalized spacial score (nSPS) is 12.2. The van der Waals surface area contributed by atoms with E-state index in [4.69, 9.17) is 10.1 Å². The highest BCUT2D eigenvalue weighted by Crippen LogP contribution is 2.31. The van der Waals surface area contributed by atoms with E-state index >= 15 is 0 Å². The van der Waals surface area contributed by atoms with Gasteiger partial charge in [0.05, 0.1) is 22.3 Å². The third-order valence-electron chi connectivity index (χ3n) is 6.02. The molecule has 0 aliphatic carbocycles. The van der Waals surface area contributed by atoms with E-state index < -0.39 is 0 Å². The number of hydrogen-bond donors (Lipinski definition) is 0. The molecule has 0 spiro atoms. The average molecular weight is 467 g/mol. The fourth-order valence-corrected chi connectivity index (χ4v) is 5.07. The number of benzene rings is 3. The molecule has 1 atom stereocenters. The number of aromatic nitrogens is 4. The maximum Gasteiger partial charge on any atom is 0.262 e. The van der Waals surface area contributed by atoms with Crippen molar-refractivity contribution in [2.45, 2.75) is 37.2 Å². The highest BCUT2D eigenvalue weighted by atomic mass is 32.2. The van der Waals surface area contributed by atoms with Crippen molar-refractivity contribution in [1.29, 1.82) is 0 Å². The molecule has 0 aliphatic rings. The lowest BCUT2D eigenvalue weighted by Gasteiger charge is -2.18. The first-order valence-corrected chi connectivity index (χ1v) is 12.5. The molecule has 6 heteroatoms. The van der Waals surface area contributed by atoms with Gasteiger partial charge in [0.2, 0.25) is 0 Å². The van der Waals surface area contributed by atoms with Gasteiger partial charge in [-0.25, -0.2) is 9.67 Å². The van der Waals surface area contributed by atoms with Crippen molar-refractivity contribution in [1.82, 2.24) is 19.3 Å². The summed E-state index contributed by atoms with van der Waals surface area (Å²) in [7, 11) is 0. The smallest absolute Gasteiger partial charge is 0.262 e. The fourth-order valence-electron chi connectivity index (χ4n) is 4.01. The summed E-state index contributed by atoms with van der Waals surface area (Å²) >= 11 is 1.59. The van der Waals surface area contributed by atoms with Crippen LogP contribution in [0.15, 0.2) is 101 Å². The summed E-state index contributed by atoms with van der Waals surface area (Å²) < 4.78 is 3.77.